The second-order valence-electron chi connectivity index (χ2n) is 5.76. The van der Waals surface area contributed by atoms with Gasteiger partial charge in [-0.05, 0) is 37.4 Å². The lowest BCUT2D eigenvalue weighted by atomic mass is 9.93. The van der Waals surface area contributed by atoms with Crippen molar-refractivity contribution in [2.45, 2.75) is 38.6 Å². The lowest BCUT2D eigenvalue weighted by Gasteiger charge is -2.18. The molecule has 2 aromatic rings. The molecule has 102 valence electrons. The van der Waals surface area contributed by atoms with E-state index in [1.807, 2.05) is 18.2 Å². The van der Waals surface area contributed by atoms with Crippen LogP contribution in [-0.4, -0.2) is 12.6 Å². The lowest BCUT2D eigenvalue weighted by Crippen LogP contribution is -2.25. The minimum atomic E-state index is 0.398. The molecule has 2 unspecified atom stereocenters. The third-order valence-corrected chi connectivity index (χ3v) is 4.42. The normalized spacial score (nSPS) is 18.7. The minimum absolute atomic E-state index is 0.398. The van der Waals surface area contributed by atoms with Crippen LogP contribution in [-0.2, 0) is 0 Å². The van der Waals surface area contributed by atoms with Gasteiger partial charge in [-0.3, -0.25) is 0 Å². The summed E-state index contributed by atoms with van der Waals surface area (Å²) in [6.07, 6.45) is 2.67. The Morgan fingerprint density at radius 1 is 1.37 bits per heavy atom. The molecule has 0 aliphatic heterocycles. The molecular formula is C16H20ClNO. The highest BCUT2D eigenvalue weighted by Crippen LogP contribution is 2.33. The number of hydrogen-bond acceptors (Lipinski definition) is 2. The highest BCUT2D eigenvalue weighted by molar-refractivity contribution is 6.34. The van der Waals surface area contributed by atoms with Gasteiger partial charge in [0, 0.05) is 17.3 Å². The molecule has 2 atom stereocenters. The van der Waals surface area contributed by atoms with Gasteiger partial charge in [0.25, 0.3) is 0 Å². The predicted molar refractivity (Wildman–Crippen MR) is 79.8 cm³/mol. The van der Waals surface area contributed by atoms with Gasteiger partial charge in [0.15, 0.2) is 5.58 Å². The molecule has 0 amide bonds. The van der Waals surface area contributed by atoms with Crippen LogP contribution in [0.15, 0.2) is 28.7 Å². The molecule has 0 bridgehead atoms. The van der Waals surface area contributed by atoms with E-state index < -0.39 is 0 Å². The molecule has 1 aliphatic rings. The van der Waals surface area contributed by atoms with Crippen molar-refractivity contribution in [1.82, 2.24) is 5.32 Å². The predicted octanol–water partition coefficient (Wildman–Crippen LogP) is 4.58. The van der Waals surface area contributed by atoms with Crippen LogP contribution in [0.25, 0.3) is 11.0 Å². The number of nitrogens with one attached hydrogen (secondary N) is 1. The van der Waals surface area contributed by atoms with Crippen LogP contribution in [0.2, 0.25) is 5.02 Å². The smallest absolute Gasteiger partial charge is 0.152 e. The van der Waals surface area contributed by atoms with Crippen molar-refractivity contribution >= 4 is 22.6 Å². The number of furan rings is 1. The van der Waals surface area contributed by atoms with Crippen LogP contribution < -0.4 is 5.32 Å². The zero-order chi connectivity index (χ0) is 13.4. The molecule has 1 aliphatic carbocycles. The Kier molecular flexibility index (Phi) is 3.55. The fourth-order valence-electron chi connectivity index (χ4n) is 2.37. The molecule has 1 N–H and O–H groups in total. The van der Waals surface area contributed by atoms with Gasteiger partial charge in [-0.2, -0.15) is 0 Å². The molecule has 2 nitrogen and oxygen atoms in total. The fraction of sp³-hybridized carbons (Fsp3) is 0.500. The van der Waals surface area contributed by atoms with Gasteiger partial charge in [-0.15, -0.1) is 0 Å². The van der Waals surface area contributed by atoms with Crippen LogP contribution >= 0.6 is 11.6 Å². The molecule has 1 heterocycles. The third kappa shape index (κ3) is 2.80. The molecule has 0 spiro atoms. The van der Waals surface area contributed by atoms with E-state index in [1.165, 1.54) is 12.8 Å². The molecule has 1 aromatic heterocycles. The van der Waals surface area contributed by atoms with E-state index in [0.717, 1.165) is 29.3 Å². The summed E-state index contributed by atoms with van der Waals surface area (Å²) in [4.78, 5) is 0. The number of benzene rings is 1. The van der Waals surface area contributed by atoms with Gasteiger partial charge in [-0.1, -0.05) is 37.6 Å². The van der Waals surface area contributed by atoms with E-state index >= 15 is 0 Å². The van der Waals surface area contributed by atoms with Gasteiger partial charge in [0.05, 0.1) is 5.02 Å². The maximum atomic E-state index is 6.16. The van der Waals surface area contributed by atoms with Crippen molar-refractivity contribution in [1.29, 1.82) is 0 Å². The average Bonchev–Trinajstić information content (AvgIpc) is 3.12. The minimum Gasteiger partial charge on any atom is -0.459 e. The van der Waals surface area contributed by atoms with Crippen LogP contribution in [0.1, 0.15) is 38.4 Å². The zero-order valence-corrected chi connectivity index (χ0v) is 12.2. The van der Waals surface area contributed by atoms with Crippen molar-refractivity contribution in [2.75, 3.05) is 6.54 Å². The first kappa shape index (κ1) is 13.0. The highest BCUT2D eigenvalue weighted by Gasteiger charge is 2.24. The maximum Gasteiger partial charge on any atom is 0.152 e. The summed E-state index contributed by atoms with van der Waals surface area (Å²) in [5, 5.41) is 5.37. The van der Waals surface area contributed by atoms with E-state index in [0.29, 0.717) is 16.9 Å². The van der Waals surface area contributed by atoms with Crippen molar-refractivity contribution in [2.24, 2.45) is 5.92 Å². The Morgan fingerprint density at radius 2 is 2.16 bits per heavy atom. The summed E-state index contributed by atoms with van der Waals surface area (Å²) in [5.74, 6) is 1.99. The SMILES string of the molecule is CC(CNC1CC1)C(C)c1cc2cccc(Cl)c2o1. The van der Waals surface area contributed by atoms with Crippen LogP contribution in [0.4, 0.5) is 0 Å². The van der Waals surface area contributed by atoms with Crippen LogP contribution in [0.5, 0.6) is 0 Å². The maximum absolute atomic E-state index is 6.16. The first-order valence-electron chi connectivity index (χ1n) is 7.06. The van der Waals surface area contributed by atoms with Gasteiger partial charge >= 0.3 is 0 Å². The summed E-state index contributed by atoms with van der Waals surface area (Å²) >= 11 is 6.16. The second kappa shape index (κ2) is 5.18. The quantitative estimate of drug-likeness (QED) is 0.865. The van der Waals surface area contributed by atoms with E-state index in [4.69, 9.17) is 16.0 Å². The number of hydrogen-bond donors (Lipinski definition) is 1. The molecule has 0 saturated heterocycles. The van der Waals surface area contributed by atoms with Gasteiger partial charge < -0.3 is 9.73 Å². The number of rotatable bonds is 5. The van der Waals surface area contributed by atoms with E-state index in [9.17, 15) is 0 Å². The van der Waals surface area contributed by atoms with Crippen molar-refractivity contribution < 1.29 is 4.42 Å². The first-order valence-corrected chi connectivity index (χ1v) is 7.44. The summed E-state index contributed by atoms with van der Waals surface area (Å²) in [7, 11) is 0. The van der Waals surface area contributed by atoms with Gasteiger partial charge in [-0.25, -0.2) is 0 Å². The Labute approximate surface area is 119 Å². The zero-order valence-electron chi connectivity index (χ0n) is 11.4. The largest absolute Gasteiger partial charge is 0.459 e. The fourth-order valence-corrected chi connectivity index (χ4v) is 2.59. The Morgan fingerprint density at radius 3 is 2.84 bits per heavy atom. The molecule has 1 aromatic carbocycles. The molecule has 0 radical (unpaired) electrons. The Balaban J connectivity index is 1.76. The lowest BCUT2D eigenvalue weighted by molar-refractivity contribution is 0.390. The number of para-hydroxylation sites is 1. The molecular weight excluding hydrogens is 258 g/mol. The summed E-state index contributed by atoms with van der Waals surface area (Å²) in [6.45, 7) is 5.55. The Bertz CT molecular complexity index is 573. The second-order valence-corrected chi connectivity index (χ2v) is 6.16. The first-order chi connectivity index (χ1) is 9.15. The summed E-state index contributed by atoms with van der Waals surface area (Å²) < 4.78 is 5.94. The molecule has 1 fully saturated rings. The third-order valence-electron chi connectivity index (χ3n) is 4.12. The number of fused-ring (bicyclic) bond motifs is 1. The summed E-state index contributed by atoms with van der Waals surface area (Å²) in [5.41, 5.74) is 0.813. The van der Waals surface area contributed by atoms with Crippen molar-refractivity contribution in [3.8, 4) is 0 Å². The van der Waals surface area contributed by atoms with Crippen molar-refractivity contribution in [3.05, 3.63) is 35.0 Å². The standard InChI is InChI=1S/C16H20ClNO/c1-10(9-18-13-6-7-13)11(2)15-8-12-4-3-5-14(17)16(12)19-15/h3-5,8,10-11,13,18H,6-7,9H2,1-2H3. The average molecular weight is 278 g/mol. The number of halogens is 1. The van der Waals surface area contributed by atoms with Crippen LogP contribution in [0, 0.1) is 5.92 Å². The van der Waals surface area contributed by atoms with E-state index in [-0.39, 0.29) is 0 Å². The molecule has 3 rings (SSSR count). The van der Waals surface area contributed by atoms with Crippen molar-refractivity contribution in [3.63, 3.8) is 0 Å². The monoisotopic (exact) mass is 277 g/mol. The highest BCUT2D eigenvalue weighted by atomic mass is 35.5. The van der Waals surface area contributed by atoms with Gasteiger partial charge in [0.1, 0.15) is 5.76 Å². The van der Waals surface area contributed by atoms with E-state index in [1.54, 1.807) is 0 Å². The molecule has 3 heteroatoms. The van der Waals surface area contributed by atoms with Crippen LogP contribution in [0.3, 0.4) is 0 Å². The summed E-state index contributed by atoms with van der Waals surface area (Å²) in [6, 6.07) is 8.78. The molecule has 1 saturated carbocycles. The molecule has 19 heavy (non-hydrogen) atoms. The Hall–Kier alpha value is -0.990. The van der Waals surface area contributed by atoms with Gasteiger partial charge in [0.2, 0.25) is 0 Å². The topological polar surface area (TPSA) is 25.2 Å². The van der Waals surface area contributed by atoms with E-state index in [2.05, 4.69) is 25.2 Å².